The predicted molar refractivity (Wildman–Crippen MR) is 55.0 cm³/mol. The van der Waals surface area contributed by atoms with E-state index in [2.05, 4.69) is 5.32 Å². The highest BCUT2D eigenvalue weighted by Gasteiger charge is 2.33. The number of benzene rings is 1. The number of nitrogens with one attached hydrogen (secondary N) is 1. The van der Waals surface area contributed by atoms with Crippen molar-refractivity contribution >= 4 is 5.69 Å². The van der Waals surface area contributed by atoms with Gasteiger partial charge in [0.05, 0.1) is 0 Å². The minimum atomic E-state index is -0.100. The fourth-order valence-corrected chi connectivity index (χ4v) is 2.85. The third kappa shape index (κ3) is 1.13. The minimum Gasteiger partial charge on any atom is -0.381 e. The molecule has 0 spiro atoms. The standard InChI is InChI=1S/C12H14FN/c13-8-5-6-12-10(7-8)9-3-1-2-4-11(9)14-12/h5-7,9,11,14H,1-4H2. The van der Waals surface area contributed by atoms with Gasteiger partial charge in [0.25, 0.3) is 0 Å². The molecule has 1 heterocycles. The van der Waals surface area contributed by atoms with Crippen LogP contribution in [0.1, 0.15) is 37.2 Å². The van der Waals surface area contributed by atoms with Crippen LogP contribution in [-0.2, 0) is 0 Å². The molecule has 1 saturated carbocycles. The molecule has 0 radical (unpaired) electrons. The van der Waals surface area contributed by atoms with Gasteiger partial charge in [0.1, 0.15) is 5.82 Å². The van der Waals surface area contributed by atoms with Crippen molar-refractivity contribution in [2.45, 2.75) is 37.6 Å². The fraction of sp³-hybridized carbons (Fsp3) is 0.500. The van der Waals surface area contributed by atoms with E-state index in [0.29, 0.717) is 12.0 Å². The third-order valence-corrected chi connectivity index (χ3v) is 3.52. The average molecular weight is 191 g/mol. The Balaban J connectivity index is 2.02. The summed E-state index contributed by atoms with van der Waals surface area (Å²) in [5, 5.41) is 3.50. The van der Waals surface area contributed by atoms with E-state index in [1.165, 1.54) is 31.2 Å². The molecular formula is C12H14FN. The average Bonchev–Trinajstić information content (AvgIpc) is 2.56. The Morgan fingerprint density at radius 1 is 1.21 bits per heavy atom. The maximum Gasteiger partial charge on any atom is 0.123 e. The lowest BCUT2D eigenvalue weighted by Crippen LogP contribution is -2.23. The van der Waals surface area contributed by atoms with Gasteiger partial charge in [0.2, 0.25) is 0 Å². The lowest BCUT2D eigenvalue weighted by molar-refractivity contribution is 0.421. The Morgan fingerprint density at radius 2 is 2.07 bits per heavy atom. The molecule has 0 bridgehead atoms. The Bertz CT molecular complexity index is 361. The van der Waals surface area contributed by atoms with Gasteiger partial charge < -0.3 is 5.32 Å². The van der Waals surface area contributed by atoms with Crippen molar-refractivity contribution in [3.63, 3.8) is 0 Å². The molecule has 2 heteroatoms. The molecule has 1 aliphatic heterocycles. The van der Waals surface area contributed by atoms with E-state index in [0.717, 1.165) is 5.69 Å². The van der Waals surface area contributed by atoms with Crippen LogP contribution in [0.4, 0.5) is 10.1 Å². The molecule has 1 N–H and O–H groups in total. The van der Waals surface area contributed by atoms with E-state index in [1.807, 2.05) is 6.07 Å². The lowest BCUT2D eigenvalue weighted by Gasteiger charge is -2.25. The molecule has 1 nitrogen and oxygen atoms in total. The van der Waals surface area contributed by atoms with E-state index in [1.54, 1.807) is 12.1 Å². The van der Waals surface area contributed by atoms with Crippen molar-refractivity contribution in [2.24, 2.45) is 0 Å². The molecule has 0 aromatic heterocycles. The van der Waals surface area contributed by atoms with Crippen molar-refractivity contribution in [1.82, 2.24) is 0 Å². The number of anilines is 1. The Hall–Kier alpha value is -1.05. The zero-order chi connectivity index (χ0) is 9.54. The maximum absolute atomic E-state index is 13.1. The second-order valence-electron chi connectivity index (χ2n) is 4.37. The summed E-state index contributed by atoms with van der Waals surface area (Å²) in [7, 11) is 0. The summed E-state index contributed by atoms with van der Waals surface area (Å²) in [4.78, 5) is 0. The van der Waals surface area contributed by atoms with Gasteiger partial charge in [-0.05, 0) is 36.6 Å². The summed E-state index contributed by atoms with van der Waals surface area (Å²) in [6.45, 7) is 0. The van der Waals surface area contributed by atoms with Crippen molar-refractivity contribution in [3.8, 4) is 0 Å². The number of halogens is 1. The van der Waals surface area contributed by atoms with Gasteiger partial charge in [-0.2, -0.15) is 0 Å². The largest absolute Gasteiger partial charge is 0.381 e. The Kier molecular flexibility index (Phi) is 1.76. The summed E-state index contributed by atoms with van der Waals surface area (Å²) in [6, 6.07) is 5.70. The molecule has 1 fully saturated rings. The lowest BCUT2D eigenvalue weighted by atomic mass is 9.83. The van der Waals surface area contributed by atoms with Crippen LogP contribution in [0.15, 0.2) is 18.2 Å². The summed E-state index contributed by atoms with van der Waals surface area (Å²) in [6.07, 6.45) is 5.05. The predicted octanol–water partition coefficient (Wildman–Crippen LogP) is 3.28. The summed E-state index contributed by atoms with van der Waals surface area (Å²) < 4.78 is 13.1. The molecule has 2 atom stereocenters. The third-order valence-electron chi connectivity index (χ3n) is 3.52. The number of hydrogen-bond donors (Lipinski definition) is 1. The molecule has 14 heavy (non-hydrogen) atoms. The summed E-state index contributed by atoms with van der Waals surface area (Å²) in [5.74, 6) is 0.464. The molecule has 1 aromatic rings. The van der Waals surface area contributed by atoms with Crippen LogP contribution in [0, 0.1) is 5.82 Å². The topological polar surface area (TPSA) is 12.0 Å². The highest BCUT2D eigenvalue weighted by atomic mass is 19.1. The van der Waals surface area contributed by atoms with Crippen LogP contribution in [0.25, 0.3) is 0 Å². The van der Waals surface area contributed by atoms with Crippen LogP contribution < -0.4 is 5.32 Å². The van der Waals surface area contributed by atoms with E-state index in [4.69, 9.17) is 0 Å². The number of fused-ring (bicyclic) bond motifs is 3. The molecule has 2 aliphatic rings. The second-order valence-corrected chi connectivity index (χ2v) is 4.37. The molecule has 74 valence electrons. The van der Waals surface area contributed by atoms with Crippen molar-refractivity contribution in [3.05, 3.63) is 29.6 Å². The van der Waals surface area contributed by atoms with Gasteiger partial charge in [-0.25, -0.2) is 4.39 Å². The van der Waals surface area contributed by atoms with Gasteiger partial charge in [0.15, 0.2) is 0 Å². The first-order valence-corrected chi connectivity index (χ1v) is 5.40. The van der Waals surface area contributed by atoms with E-state index in [-0.39, 0.29) is 5.82 Å². The first-order valence-electron chi connectivity index (χ1n) is 5.40. The summed E-state index contributed by atoms with van der Waals surface area (Å²) >= 11 is 0. The van der Waals surface area contributed by atoms with Gasteiger partial charge in [-0.3, -0.25) is 0 Å². The Morgan fingerprint density at radius 3 is 3.00 bits per heavy atom. The zero-order valence-corrected chi connectivity index (χ0v) is 8.09. The monoisotopic (exact) mass is 191 g/mol. The molecule has 0 saturated heterocycles. The molecule has 3 rings (SSSR count). The SMILES string of the molecule is Fc1ccc2c(c1)C1CCCCC1N2. The molecule has 1 aliphatic carbocycles. The highest BCUT2D eigenvalue weighted by Crippen LogP contribution is 2.43. The van der Waals surface area contributed by atoms with Crippen LogP contribution in [0.3, 0.4) is 0 Å². The highest BCUT2D eigenvalue weighted by molar-refractivity contribution is 5.59. The minimum absolute atomic E-state index is 0.100. The van der Waals surface area contributed by atoms with Gasteiger partial charge in [-0.15, -0.1) is 0 Å². The van der Waals surface area contributed by atoms with Gasteiger partial charge >= 0.3 is 0 Å². The number of hydrogen-bond acceptors (Lipinski definition) is 1. The van der Waals surface area contributed by atoms with Crippen LogP contribution in [0.2, 0.25) is 0 Å². The van der Waals surface area contributed by atoms with Crippen LogP contribution >= 0.6 is 0 Å². The Labute approximate surface area is 83.3 Å². The van der Waals surface area contributed by atoms with E-state index in [9.17, 15) is 4.39 Å². The van der Waals surface area contributed by atoms with Crippen LogP contribution in [0.5, 0.6) is 0 Å². The van der Waals surface area contributed by atoms with Crippen LogP contribution in [-0.4, -0.2) is 6.04 Å². The van der Waals surface area contributed by atoms with Gasteiger partial charge in [0, 0.05) is 17.6 Å². The zero-order valence-electron chi connectivity index (χ0n) is 8.09. The molecule has 0 amide bonds. The number of rotatable bonds is 0. The van der Waals surface area contributed by atoms with Crippen molar-refractivity contribution in [1.29, 1.82) is 0 Å². The smallest absolute Gasteiger partial charge is 0.123 e. The summed E-state index contributed by atoms with van der Waals surface area (Å²) in [5.41, 5.74) is 2.36. The normalized spacial score (nSPS) is 29.2. The molecule has 1 aromatic carbocycles. The van der Waals surface area contributed by atoms with Gasteiger partial charge in [-0.1, -0.05) is 12.8 Å². The molecular weight excluding hydrogens is 177 g/mol. The quantitative estimate of drug-likeness (QED) is 0.663. The first-order chi connectivity index (χ1) is 6.84. The first kappa shape index (κ1) is 8.27. The van der Waals surface area contributed by atoms with E-state index >= 15 is 0 Å². The van der Waals surface area contributed by atoms with E-state index < -0.39 is 0 Å². The maximum atomic E-state index is 13.1. The molecule has 2 unspecified atom stereocenters. The second kappa shape index (κ2) is 2.97. The fourth-order valence-electron chi connectivity index (χ4n) is 2.85. The van der Waals surface area contributed by atoms with Crippen molar-refractivity contribution in [2.75, 3.05) is 5.32 Å². The van der Waals surface area contributed by atoms with Crippen molar-refractivity contribution < 1.29 is 4.39 Å².